The molecule has 2 heterocycles. The van der Waals surface area contributed by atoms with Crippen LogP contribution in [-0.4, -0.2) is 42.9 Å². The summed E-state index contributed by atoms with van der Waals surface area (Å²) in [6.45, 7) is 2.06. The summed E-state index contributed by atoms with van der Waals surface area (Å²) >= 11 is 0. The zero-order valence-corrected chi connectivity index (χ0v) is 15.8. The highest BCUT2D eigenvalue weighted by molar-refractivity contribution is 5.99. The number of likely N-dealkylation sites (N-methyl/N-ethyl adjacent to an activating group) is 1. The van der Waals surface area contributed by atoms with Crippen molar-refractivity contribution in [3.8, 4) is 5.75 Å². The summed E-state index contributed by atoms with van der Waals surface area (Å²) in [4.78, 5) is 18.4. The van der Waals surface area contributed by atoms with Crippen LogP contribution in [0, 0.1) is 0 Å². The molecule has 138 valence electrons. The van der Waals surface area contributed by atoms with Crippen LogP contribution >= 0.6 is 0 Å². The molecule has 1 N–H and O–H groups in total. The first-order valence-electron chi connectivity index (χ1n) is 9.29. The Morgan fingerprint density at radius 2 is 2.11 bits per heavy atom. The minimum atomic E-state index is 0.101. The molecule has 0 spiro atoms. The van der Waals surface area contributed by atoms with Gasteiger partial charge < -0.3 is 14.6 Å². The summed E-state index contributed by atoms with van der Waals surface area (Å²) in [6.07, 6.45) is 5.83. The van der Waals surface area contributed by atoms with Crippen LogP contribution in [0.3, 0.4) is 0 Å². The number of nitrogens with zero attached hydrogens (tertiary/aromatic N) is 1. The second-order valence-electron chi connectivity index (χ2n) is 7.16. The average molecular weight is 360 g/mol. The van der Waals surface area contributed by atoms with Gasteiger partial charge in [-0.1, -0.05) is 24.3 Å². The van der Waals surface area contributed by atoms with Gasteiger partial charge in [0.05, 0.1) is 7.11 Å². The highest BCUT2D eigenvalue weighted by atomic mass is 16.5. The molecule has 0 saturated heterocycles. The Bertz CT molecular complexity index is 1020. The summed E-state index contributed by atoms with van der Waals surface area (Å²) in [5, 5.41) is 1.20. The fourth-order valence-electron chi connectivity index (χ4n) is 3.64. The van der Waals surface area contributed by atoms with Crippen molar-refractivity contribution in [3.05, 3.63) is 71.4 Å². The van der Waals surface area contributed by atoms with Gasteiger partial charge >= 0.3 is 0 Å². The second-order valence-corrected chi connectivity index (χ2v) is 7.16. The number of hydrogen-bond acceptors (Lipinski definition) is 3. The number of H-pyrrole nitrogens is 1. The number of carbonyl (C=O) groups excluding carboxylic acids is 1. The molecular weight excluding hydrogens is 336 g/mol. The Kier molecular flexibility index (Phi) is 4.82. The molecule has 0 atom stereocenters. The third kappa shape index (κ3) is 3.67. The maximum absolute atomic E-state index is 12.7. The number of rotatable bonds is 5. The molecule has 0 aliphatic carbocycles. The average Bonchev–Trinajstić information content (AvgIpc) is 3.12. The van der Waals surface area contributed by atoms with Crippen molar-refractivity contribution in [2.75, 3.05) is 27.2 Å². The third-order valence-corrected chi connectivity index (χ3v) is 5.26. The number of benzene rings is 2. The number of Topliss-reactive ketones (excluding diaryl/α,β-unsaturated/α-hetero) is 1. The van der Waals surface area contributed by atoms with Gasteiger partial charge in [0, 0.05) is 47.7 Å². The molecule has 0 radical (unpaired) electrons. The largest absolute Gasteiger partial charge is 0.497 e. The lowest BCUT2D eigenvalue weighted by Gasteiger charge is -2.21. The fourth-order valence-corrected chi connectivity index (χ4v) is 3.64. The zero-order valence-electron chi connectivity index (χ0n) is 15.8. The Balaban J connectivity index is 1.61. The minimum Gasteiger partial charge on any atom is -0.497 e. The zero-order chi connectivity index (χ0) is 18.8. The minimum absolute atomic E-state index is 0.101. The van der Waals surface area contributed by atoms with Crippen LogP contribution < -0.4 is 4.74 Å². The van der Waals surface area contributed by atoms with E-state index in [1.165, 1.54) is 16.5 Å². The molecule has 27 heavy (non-hydrogen) atoms. The number of ketones is 1. The van der Waals surface area contributed by atoms with Crippen LogP contribution in [0.4, 0.5) is 0 Å². The highest BCUT2D eigenvalue weighted by Gasteiger charge is 2.15. The van der Waals surface area contributed by atoms with Crippen LogP contribution in [0.1, 0.15) is 27.9 Å². The lowest BCUT2D eigenvalue weighted by molar-refractivity contribution is 0.0992. The molecule has 1 aliphatic heterocycles. The van der Waals surface area contributed by atoms with Crippen LogP contribution in [0.5, 0.6) is 5.75 Å². The van der Waals surface area contributed by atoms with Crippen LogP contribution in [0.15, 0.2) is 54.7 Å². The molecule has 4 nitrogen and oxygen atoms in total. The monoisotopic (exact) mass is 360 g/mol. The highest BCUT2D eigenvalue weighted by Crippen LogP contribution is 2.30. The molecule has 2 aromatic carbocycles. The summed E-state index contributed by atoms with van der Waals surface area (Å²) in [5.74, 6) is 0.808. The summed E-state index contributed by atoms with van der Waals surface area (Å²) in [7, 11) is 3.76. The number of methoxy groups -OCH3 is 1. The number of aromatic nitrogens is 1. The van der Waals surface area contributed by atoms with E-state index in [0.29, 0.717) is 17.7 Å². The van der Waals surface area contributed by atoms with Gasteiger partial charge in [0.25, 0.3) is 0 Å². The van der Waals surface area contributed by atoms with Gasteiger partial charge in [0.2, 0.25) is 0 Å². The maximum atomic E-state index is 12.7. The van der Waals surface area contributed by atoms with E-state index >= 15 is 0 Å². The second kappa shape index (κ2) is 7.41. The van der Waals surface area contributed by atoms with Crippen LogP contribution in [0.25, 0.3) is 16.5 Å². The van der Waals surface area contributed by atoms with Crippen LogP contribution in [0.2, 0.25) is 0 Å². The molecule has 4 rings (SSSR count). The Morgan fingerprint density at radius 1 is 1.22 bits per heavy atom. The van der Waals surface area contributed by atoms with Crippen molar-refractivity contribution >= 4 is 22.3 Å². The third-order valence-electron chi connectivity index (χ3n) is 5.26. The van der Waals surface area contributed by atoms with E-state index in [1.807, 2.05) is 24.3 Å². The Labute approximate surface area is 159 Å². The van der Waals surface area contributed by atoms with E-state index in [9.17, 15) is 4.79 Å². The topological polar surface area (TPSA) is 45.3 Å². The van der Waals surface area contributed by atoms with E-state index in [1.54, 1.807) is 13.2 Å². The fraction of sp³-hybridized carbons (Fsp3) is 0.261. The van der Waals surface area contributed by atoms with Crippen molar-refractivity contribution in [1.82, 2.24) is 9.88 Å². The summed E-state index contributed by atoms with van der Waals surface area (Å²) in [5.41, 5.74) is 5.47. The van der Waals surface area contributed by atoms with Gasteiger partial charge in [0.1, 0.15) is 5.75 Å². The first-order valence-corrected chi connectivity index (χ1v) is 9.29. The molecule has 0 unspecified atom stereocenters. The molecular formula is C23H24N2O2. The van der Waals surface area contributed by atoms with Crippen molar-refractivity contribution in [1.29, 1.82) is 0 Å². The number of hydrogen-bond donors (Lipinski definition) is 1. The Hall–Kier alpha value is -2.85. The molecule has 4 heteroatoms. The predicted octanol–water partition coefficient (Wildman–Crippen LogP) is 4.32. The van der Waals surface area contributed by atoms with E-state index in [2.05, 4.69) is 41.3 Å². The molecule has 3 aromatic rings. The van der Waals surface area contributed by atoms with Gasteiger partial charge in [-0.2, -0.15) is 0 Å². The lowest BCUT2D eigenvalue weighted by atomic mass is 9.96. The van der Waals surface area contributed by atoms with E-state index in [-0.39, 0.29) is 5.78 Å². The number of carbonyl (C=O) groups is 1. The first kappa shape index (κ1) is 17.6. The number of aromatic amines is 1. The lowest BCUT2D eigenvalue weighted by Crippen LogP contribution is -2.23. The van der Waals surface area contributed by atoms with E-state index in [4.69, 9.17) is 4.74 Å². The quantitative estimate of drug-likeness (QED) is 0.689. The van der Waals surface area contributed by atoms with Gasteiger partial charge in [-0.25, -0.2) is 0 Å². The van der Waals surface area contributed by atoms with E-state index < -0.39 is 0 Å². The van der Waals surface area contributed by atoms with Crippen molar-refractivity contribution in [3.63, 3.8) is 0 Å². The first-order chi connectivity index (χ1) is 13.1. The normalized spacial score (nSPS) is 15.0. The summed E-state index contributed by atoms with van der Waals surface area (Å²) in [6, 6.07) is 13.6. The molecule has 0 bridgehead atoms. The summed E-state index contributed by atoms with van der Waals surface area (Å²) < 4.78 is 5.23. The number of fused-ring (bicyclic) bond motifs is 1. The molecule has 1 aromatic heterocycles. The van der Waals surface area contributed by atoms with Gasteiger partial charge in [-0.05, 0) is 48.9 Å². The molecule has 0 amide bonds. The van der Waals surface area contributed by atoms with Crippen LogP contribution in [-0.2, 0) is 6.42 Å². The molecule has 0 fully saturated rings. The molecule has 1 aliphatic rings. The predicted molar refractivity (Wildman–Crippen MR) is 109 cm³/mol. The van der Waals surface area contributed by atoms with Gasteiger partial charge in [0.15, 0.2) is 5.78 Å². The van der Waals surface area contributed by atoms with Crippen molar-refractivity contribution < 1.29 is 9.53 Å². The number of ether oxygens (including phenoxy) is 1. The SMILES string of the molecule is COc1cccc(C(=O)Cc2ccc3[nH]cc(C4=CCN(C)CC4)c3c2)c1. The van der Waals surface area contributed by atoms with Gasteiger partial charge in [-0.15, -0.1) is 0 Å². The smallest absolute Gasteiger partial charge is 0.167 e. The number of nitrogens with one attached hydrogen (secondary N) is 1. The van der Waals surface area contributed by atoms with Crippen molar-refractivity contribution in [2.24, 2.45) is 0 Å². The Morgan fingerprint density at radius 3 is 2.89 bits per heavy atom. The van der Waals surface area contributed by atoms with E-state index in [0.717, 1.165) is 30.6 Å². The maximum Gasteiger partial charge on any atom is 0.167 e. The standard InChI is InChI=1S/C23H24N2O2/c1-25-10-8-17(9-11-25)21-15-24-22-7-6-16(12-20(21)22)13-23(26)18-4-3-5-19(14-18)27-2/h3-8,12,14-15,24H,9-11,13H2,1-2H3. The van der Waals surface area contributed by atoms with Gasteiger partial charge in [-0.3, -0.25) is 4.79 Å². The molecule has 0 saturated carbocycles. The van der Waals surface area contributed by atoms with Crippen molar-refractivity contribution in [2.45, 2.75) is 12.8 Å².